The maximum Gasteiger partial charge on any atom is 0.241 e. The van der Waals surface area contributed by atoms with Gasteiger partial charge in [-0.3, -0.25) is 9.48 Å². The van der Waals surface area contributed by atoms with Gasteiger partial charge in [0.1, 0.15) is 6.54 Å². The Balaban J connectivity index is 2.09. The van der Waals surface area contributed by atoms with Gasteiger partial charge in [0.05, 0.1) is 6.20 Å². The van der Waals surface area contributed by atoms with Crippen LogP contribution in [0.25, 0.3) is 0 Å². The molecule has 5 heteroatoms. The van der Waals surface area contributed by atoms with E-state index < -0.39 is 0 Å². The number of hydrogen-bond acceptors (Lipinski definition) is 3. The highest BCUT2D eigenvalue weighted by atomic mass is 16.2. The van der Waals surface area contributed by atoms with Crippen LogP contribution in [0, 0.1) is 6.07 Å². The van der Waals surface area contributed by atoms with Crippen LogP contribution >= 0.6 is 0 Å². The summed E-state index contributed by atoms with van der Waals surface area (Å²) in [5, 5.41) is 6.74. The zero-order valence-corrected chi connectivity index (χ0v) is 9.23. The van der Waals surface area contributed by atoms with Crippen LogP contribution < -0.4 is 5.32 Å². The summed E-state index contributed by atoms with van der Waals surface area (Å²) in [6.07, 6.45) is 4.16. The van der Waals surface area contributed by atoms with Crippen LogP contribution in [0.15, 0.2) is 12.4 Å². The first-order valence-corrected chi connectivity index (χ1v) is 4.98. The Morgan fingerprint density at radius 3 is 3.00 bits per heavy atom. The van der Waals surface area contributed by atoms with E-state index in [9.17, 15) is 4.79 Å². The number of nitrogens with one attached hydrogen (secondary N) is 1. The molecule has 0 atom stereocenters. The summed E-state index contributed by atoms with van der Waals surface area (Å²) >= 11 is 0. The Morgan fingerprint density at radius 1 is 1.60 bits per heavy atom. The lowest BCUT2D eigenvalue weighted by atomic mass is 10.4. The molecule has 0 fully saturated rings. The van der Waals surface area contributed by atoms with E-state index in [1.807, 2.05) is 14.1 Å². The van der Waals surface area contributed by atoms with Crippen LogP contribution in [-0.2, 0) is 11.3 Å². The van der Waals surface area contributed by atoms with Gasteiger partial charge in [-0.15, -0.1) is 0 Å². The van der Waals surface area contributed by atoms with Gasteiger partial charge in [0.25, 0.3) is 0 Å². The molecule has 0 aliphatic carbocycles. The molecule has 0 saturated carbocycles. The van der Waals surface area contributed by atoms with Crippen molar-refractivity contribution >= 4 is 5.91 Å². The molecule has 0 saturated heterocycles. The number of amides is 1. The number of aromatic nitrogens is 2. The van der Waals surface area contributed by atoms with E-state index in [1.165, 1.54) is 0 Å². The summed E-state index contributed by atoms with van der Waals surface area (Å²) in [5.74, 6) is -0.00847. The van der Waals surface area contributed by atoms with E-state index in [0.717, 1.165) is 13.0 Å². The van der Waals surface area contributed by atoms with Crippen molar-refractivity contribution in [3.05, 3.63) is 18.5 Å². The first kappa shape index (κ1) is 11.7. The van der Waals surface area contributed by atoms with Crippen LogP contribution in [0.3, 0.4) is 0 Å². The third-order valence-corrected chi connectivity index (χ3v) is 1.91. The van der Waals surface area contributed by atoms with Crippen LogP contribution in [0.2, 0.25) is 0 Å². The molecule has 0 bridgehead atoms. The predicted octanol–water partition coefficient (Wildman–Crippen LogP) is -0.249. The second kappa shape index (κ2) is 6.19. The van der Waals surface area contributed by atoms with Crippen molar-refractivity contribution in [3.63, 3.8) is 0 Å². The molecular formula is C10H17N4O. The van der Waals surface area contributed by atoms with Crippen LogP contribution in [-0.4, -0.2) is 47.8 Å². The van der Waals surface area contributed by atoms with Crippen molar-refractivity contribution in [2.45, 2.75) is 13.0 Å². The lowest BCUT2D eigenvalue weighted by molar-refractivity contribution is -0.121. The first-order chi connectivity index (χ1) is 7.18. The molecule has 1 aromatic rings. The van der Waals surface area contributed by atoms with E-state index in [2.05, 4.69) is 21.4 Å². The van der Waals surface area contributed by atoms with Crippen LogP contribution in [0.4, 0.5) is 0 Å². The highest BCUT2D eigenvalue weighted by Crippen LogP contribution is 1.85. The topological polar surface area (TPSA) is 50.2 Å². The lowest BCUT2D eigenvalue weighted by Crippen LogP contribution is -2.30. The zero-order valence-electron chi connectivity index (χ0n) is 9.23. The number of carbonyl (C=O) groups is 1. The lowest BCUT2D eigenvalue weighted by Gasteiger charge is -2.09. The highest BCUT2D eigenvalue weighted by molar-refractivity contribution is 5.75. The van der Waals surface area contributed by atoms with Gasteiger partial charge in [0, 0.05) is 18.8 Å². The average molecular weight is 209 g/mol. The number of carbonyl (C=O) groups excluding carboxylic acids is 1. The molecule has 0 aliphatic rings. The largest absolute Gasteiger partial charge is 0.354 e. The van der Waals surface area contributed by atoms with Gasteiger partial charge >= 0.3 is 0 Å². The summed E-state index contributed by atoms with van der Waals surface area (Å²) in [6.45, 7) is 1.96. The molecule has 1 aromatic heterocycles. The van der Waals surface area contributed by atoms with E-state index in [0.29, 0.717) is 6.54 Å². The van der Waals surface area contributed by atoms with Gasteiger partial charge in [-0.1, -0.05) is 0 Å². The maximum atomic E-state index is 11.4. The second-order valence-electron chi connectivity index (χ2n) is 3.64. The third-order valence-electron chi connectivity index (χ3n) is 1.91. The first-order valence-electron chi connectivity index (χ1n) is 4.98. The molecule has 0 aromatic carbocycles. The fourth-order valence-corrected chi connectivity index (χ4v) is 1.17. The standard InChI is InChI=1S/C10H17N4O/c1-13(2)7-3-5-11-10(15)9-14-8-4-6-12-14/h6,8H,3,5,7,9H2,1-2H3,(H,11,15). The molecule has 0 unspecified atom stereocenters. The Bertz CT molecular complexity index is 282. The van der Waals surface area contributed by atoms with Crippen molar-refractivity contribution < 1.29 is 4.79 Å². The molecule has 1 N–H and O–H groups in total. The van der Waals surface area contributed by atoms with Crippen molar-refractivity contribution in [1.29, 1.82) is 0 Å². The SMILES string of the molecule is CN(C)CCCNC(=O)Cn1c[c]cn1. The van der Waals surface area contributed by atoms with Gasteiger partial charge in [-0.05, 0) is 27.1 Å². The van der Waals surface area contributed by atoms with Gasteiger partial charge in [0.2, 0.25) is 5.91 Å². The van der Waals surface area contributed by atoms with Crippen LogP contribution in [0.5, 0.6) is 0 Å². The minimum Gasteiger partial charge on any atom is -0.354 e. The summed E-state index contributed by atoms with van der Waals surface area (Å²) in [7, 11) is 4.03. The van der Waals surface area contributed by atoms with Crippen molar-refractivity contribution in [2.24, 2.45) is 0 Å². The van der Waals surface area contributed by atoms with Crippen molar-refractivity contribution in [2.75, 3.05) is 27.2 Å². The normalized spacial score (nSPS) is 10.6. The molecule has 1 amide bonds. The smallest absolute Gasteiger partial charge is 0.241 e. The van der Waals surface area contributed by atoms with E-state index in [1.54, 1.807) is 17.1 Å². The fraction of sp³-hybridized carbons (Fsp3) is 0.600. The van der Waals surface area contributed by atoms with Gasteiger partial charge in [0.15, 0.2) is 0 Å². The van der Waals surface area contributed by atoms with E-state index in [4.69, 9.17) is 0 Å². The molecule has 5 nitrogen and oxygen atoms in total. The zero-order chi connectivity index (χ0) is 11.1. The average Bonchev–Trinajstić information content (AvgIpc) is 2.64. The van der Waals surface area contributed by atoms with E-state index >= 15 is 0 Å². The quantitative estimate of drug-likeness (QED) is 0.657. The Labute approximate surface area is 90.1 Å². The molecule has 1 heterocycles. The predicted molar refractivity (Wildman–Crippen MR) is 57.2 cm³/mol. The molecule has 0 spiro atoms. The van der Waals surface area contributed by atoms with Gasteiger partial charge < -0.3 is 10.2 Å². The summed E-state index contributed by atoms with van der Waals surface area (Å²) < 4.78 is 1.56. The minimum atomic E-state index is -0.00847. The van der Waals surface area contributed by atoms with Crippen molar-refractivity contribution in [3.8, 4) is 0 Å². The molecule has 83 valence electrons. The summed E-state index contributed by atoms with van der Waals surface area (Å²) in [6, 6.07) is 2.78. The second-order valence-corrected chi connectivity index (χ2v) is 3.64. The molecule has 0 aliphatic heterocycles. The Kier molecular flexibility index (Phi) is 4.83. The number of hydrogen-bond donors (Lipinski definition) is 1. The van der Waals surface area contributed by atoms with Gasteiger partial charge in [-0.25, -0.2) is 0 Å². The molecule has 15 heavy (non-hydrogen) atoms. The number of nitrogens with zero attached hydrogens (tertiary/aromatic N) is 3. The molecule has 1 rings (SSSR count). The Morgan fingerprint density at radius 2 is 2.40 bits per heavy atom. The van der Waals surface area contributed by atoms with Crippen LogP contribution in [0.1, 0.15) is 6.42 Å². The summed E-state index contributed by atoms with van der Waals surface area (Å²) in [4.78, 5) is 13.4. The highest BCUT2D eigenvalue weighted by Gasteiger charge is 2.01. The molecule has 1 radical (unpaired) electrons. The molecular weight excluding hydrogens is 192 g/mol. The fourth-order valence-electron chi connectivity index (χ4n) is 1.17. The van der Waals surface area contributed by atoms with Crippen molar-refractivity contribution in [1.82, 2.24) is 20.0 Å². The maximum absolute atomic E-state index is 11.4. The monoisotopic (exact) mass is 209 g/mol. The Hall–Kier alpha value is -1.36. The number of rotatable bonds is 6. The van der Waals surface area contributed by atoms with E-state index in [-0.39, 0.29) is 12.5 Å². The summed E-state index contributed by atoms with van der Waals surface area (Å²) in [5.41, 5.74) is 0. The minimum absolute atomic E-state index is 0.00847. The third kappa shape index (κ3) is 5.17. The van der Waals surface area contributed by atoms with Gasteiger partial charge in [-0.2, -0.15) is 5.10 Å².